The maximum Gasteiger partial charge on any atom is 0.262 e. The van der Waals surface area contributed by atoms with Gasteiger partial charge < -0.3 is 20.1 Å². The zero-order chi connectivity index (χ0) is 16.9. The number of rotatable bonds is 5. The van der Waals surface area contributed by atoms with Crippen LogP contribution in [0.15, 0.2) is 42.5 Å². The van der Waals surface area contributed by atoms with Crippen molar-refractivity contribution in [3.63, 3.8) is 0 Å². The van der Waals surface area contributed by atoms with Crippen LogP contribution in [0, 0.1) is 5.82 Å². The quantitative estimate of drug-likeness (QED) is 0.883. The van der Waals surface area contributed by atoms with E-state index in [4.69, 9.17) is 9.47 Å². The summed E-state index contributed by atoms with van der Waals surface area (Å²) in [5.41, 5.74) is 0.372. The minimum absolute atomic E-state index is 0.0898. The highest BCUT2D eigenvalue weighted by Gasteiger charge is 2.21. The molecule has 2 N–H and O–H groups in total. The van der Waals surface area contributed by atoms with Gasteiger partial charge in [0.05, 0.1) is 24.4 Å². The fourth-order valence-corrected chi connectivity index (χ4v) is 2.25. The van der Waals surface area contributed by atoms with E-state index in [0.29, 0.717) is 5.75 Å². The minimum atomic E-state index is -0.588. The standard InChI is InChI=1S/C17H15FN2O4/c18-11-8-13(17-14(9-11)20-16(22)10-24-17)19-15(21)6-7-23-12-4-2-1-3-5-12/h1-5,8-9H,6-7,10H2,(H,19,21)(H,20,22). The molecule has 0 atom stereocenters. The largest absolute Gasteiger partial charge is 0.493 e. The molecule has 1 aliphatic heterocycles. The van der Waals surface area contributed by atoms with Gasteiger partial charge in [-0.1, -0.05) is 18.2 Å². The first-order valence-electron chi connectivity index (χ1n) is 7.36. The second-order valence-corrected chi connectivity index (χ2v) is 5.13. The third kappa shape index (κ3) is 3.81. The number of hydrogen-bond donors (Lipinski definition) is 2. The lowest BCUT2D eigenvalue weighted by atomic mass is 10.2. The van der Waals surface area contributed by atoms with Crippen LogP contribution >= 0.6 is 0 Å². The number of carbonyl (C=O) groups excluding carboxylic acids is 2. The number of hydrogen-bond acceptors (Lipinski definition) is 4. The molecule has 7 heteroatoms. The SMILES string of the molecule is O=C(CCOc1ccccc1)Nc1cc(F)cc2c1OCC(=O)N2. The Bertz CT molecular complexity index is 765. The van der Waals surface area contributed by atoms with Crippen molar-refractivity contribution in [3.8, 4) is 11.5 Å². The molecule has 24 heavy (non-hydrogen) atoms. The molecule has 0 unspecified atom stereocenters. The zero-order valence-electron chi connectivity index (χ0n) is 12.7. The summed E-state index contributed by atoms with van der Waals surface area (Å²) in [4.78, 5) is 23.3. The van der Waals surface area contributed by atoms with Gasteiger partial charge in [0, 0.05) is 12.1 Å². The van der Waals surface area contributed by atoms with Crippen LogP contribution in [0.5, 0.6) is 11.5 Å². The van der Waals surface area contributed by atoms with Crippen LogP contribution in [0.2, 0.25) is 0 Å². The van der Waals surface area contributed by atoms with Crippen molar-refractivity contribution in [1.29, 1.82) is 0 Å². The number of halogens is 1. The Morgan fingerprint density at radius 1 is 1.29 bits per heavy atom. The molecule has 0 bridgehead atoms. The number of ether oxygens (including phenoxy) is 2. The van der Waals surface area contributed by atoms with Gasteiger partial charge in [-0.15, -0.1) is 0 Å². The van der Waals surface area contributed by atoms with Crippen LogP contribution in [0.1, 0.15) is 6.42 Å². The molecule has 0 aromatic heterocycles. The van der Waals surface area contributed by atoms with Gasteiger partial charge in [0.25, 0.3) is 5.91 Å². The lowest BCUT2D eigenvalue weighted by molar-refractivity contribution is -0.118. The summed E-state index contributed by atoms with van der Waals surface area (Å²) in [7, 11) is 0. The molecule has 6 nitrogen and oxygen atoms in total. The Kier molecular flexibility index (Phi) is 4.60. The highest BCUT2D eigenvalue weighted by atomic mass is 19.1. The molecular weight excluding hydrogens is 315 g/mol. The van der Waals surface area contributed by atoms with Crippen LogP contribution in [0.25, 0.3) is 0 Å². The molecule has 0 saturated heterocycles. The van der Waals surface area contributed by atoms with E-state index in [1.54, 1.807) is 12.1 Å². The van der Waals surface area contributed by atoms with Gasteiger partial charge in [-0.25, -0.2) is 4.39 Å². The first-order valence-corrected chi connectivity index (χ1v) is 7.36. The molecular formula is C17H15FN2O4. The number of amides is 2. The smallest absolute Gasteiger partial charge is 0.262 e. The van der Waals surface area contributed by atoms with E-state index in [-0.39, 0.29) is 48.6 Å². The summed E-state index contributed by atoms with van der Waals surface area (Å²) in [6.45, 7) is 0.00354. The van der Waals surface area contributed by atoms with E-state index >= 15 is 0 Å². The Hall–Kier alpha value is -3.09. The molecule has 1 aliphatic rings. The van der Waals surface area contributed by atoms with Crippen molar-refractivity contribution in [3.05, 3.63) is 48.3 Å². The normalized spacial score (nSPS) is 12.6. The Morgan fingerprint density at radius 3 is 2.88 bits per heavy atom. The van der Waals surface area contributed by atoms with Gasteiger partial charge in [-0.05, 0) is 12.1 Å². The molecule has 2 aromatic rings. The lowest BCUT2D eigenvalue weighted by Crippen LogP contribution is -2.26. The summed E-state index contributed by atoms with van der Waals surface area (Å²) in [6.07, 6.45) is 0.0898. The van der Waals surface area contributed by atoms with E-state index in [2.05, 4.69) is 10.6 Å². The Labute approximate surface area is 137 Å². The van der Waals surface area contributed by atoms with Crippen molar-refractivity contribution in [1.82, 2.24) is 0 Å². The van der Waals surface area contributed by atoms with E-state index < -0.39 is 5.82 Å². The highest BCUT2D eigenvalue weighted by Crippen LogP contribution is 2.36. The average Bonchev–Trinajstić information content (AvgIpc) is 2.55. The second-order valence-electron chi connectivity index (χ2n) is 5.13. The van der Waals surface area contributed by atoms with Crippen LogP contribution in [0.4, 0.5) is 15.8 Å². The third-order valence-corrected chi connectivity index (χ3v) is 3.29. The molecule has 0 fully saturated rings. The predicted molar refractivity (Wildman–Crippen MR) is 85.7 cm³/mol. The zero-order valence-corrected chi connectivity index (χ0v) is 12.7. The number of anilines is 2. The number of fused-ring (bicyclic) bond motifs is 1. The third-order valence-electron chi connectivity index (χ3n) is 3.29. The van der Waals surface area contributed by atoms with Crippen molar-refractivity contribution in [2.45, 2.75) is 6.42 Å². The van der Waals surface area contributed by atoms with E-state index in [1.165, 1.54) is 0 Å². The van der Waals surface area contributed by atoms with Crippen molar-refractivity contribution in [2.24, 2.45) is 0 Å². The summed E-state index contributed by atoms with van der Waals surface area (Å²) < 4.78 is 24.3. The van der Waals surface area contributed by atoms with E-state index in [1.807, 2.05) is 18.2 Å². The fraction of sp³-hybridized carbons (Fsp3) is 0.176. The Morgan fingerprint density at radius 2 is 2.08 bits per heavy atom. The molecule has 2 amide bonds. The van der Waals surface area contributed by atoms with Crippen molar-refractivity contribution < 1.29 is 23.5 Å². The van der Waals surface area contributed by atoms with E-state index in [0.717, 1.165) is 12.1 Å². The minimum Gasteiger partial charge on any atom is -0.493 e. The Balaban J connectivity index is 1.61. The second kappa shape index (κ2) is 6.99. The molecule has 0 radical (unpaired) electrons. The molecule has 3 rings (SSSR count). The summed E-state index contributed by atoms with van der Waals surface area (Å²) in [5.74, 6) is -0.399. The number of para-hydroxylation sites is 1. The molecule has 0 aliphatic carbocycles. The van der Waals surface area contributed by atoms with Gasteiger partial charge >= 0.3 is 0 Å². The van der Waals surface area contributed by atoms with Crippen molar-refractivity contribution >= 4 is 23.2 Å². The monoisotopic (exact) mass is 330 g/mol. The van der Waals surface area contributed by atoms with Crippen molar-refractivity contribution in [2.75, 3.05) is 23.8 Å². The first kappa shape index (κ1) is 15.8. The lowest BCUT2D eigenvalue weighted by Gasteiger charge is -2.21. The van der Waals surface area contributed by atoms with Gasteiger partial charge in [0.2, 0.25) is 5.91 Å². The average molecular weight is 330 g/mol. The van der Waals surface area contributed by atoms with E-state index in [9.17, 15) is 14.0 Å². The predicted octanol–water partition coefficient (Wildman–Crippen LogP) is 2.56. The van der Waals surface area contributed by atoms with Crippen LogP contribution in [-0.2, 0) is 9.59 Å². The van der Waals surface area contributed by atoms with Gasteiger partial charge in [-0.2, -0.15) is 0 Å². The van der Waals surface area contributed by atoms with Crippen LogP contribution < -0.4 is 20.1 Å². The van der Waals surface area contributed by atoms with Gasteiger partial charge in [0.15, 0.2) is 12.4 Å². The maximum absolute atomic E-state index is 13.6. The number of nitrogens with one attached hydrogen (secondary N) is 2. The molecule has 0 spiro atoms. The van der Waals surface area contributed by atoms with Crippen LogP contribution in [-0.4, -0.2) is 25.0 Å². The molecule has 0 saturated carbocycles. The molecule has 2 aromatic carbocycles. The fourth-order valence-electron chi connectivity index (χ4n) is 2.25. The molecule has 124 valence electrons. The first-order chi connectivity index (χ1) is 11.6. The van der Waals surface area contributed by atoms with Crippen LogP contribution in [0.3, 0.4) is 0 Å². The highest BCUT2D eigenvalue weighted by molar-refractivity contribution is 6.00. The molecule has 1 heterocycles. The number of benzene rings is 2. The summed E-state index contributed by atoms with van der Waals surface area (Å²) in [5, 5.41) is 5.08. The summed E-state index contributed by atoms with van der Waals surface area (Å²) >= 11 is 0. The number of carbonyl (C=O) groups is 2. The van der Waals surface area contributed by atoms with Gasteiger partial charge in [0.1, 0.15) is 11.6 Å². The topological polar surface area (TPSA) is 76.7 Å². The summed E-state index contributed by atoms with van der Waals surface area (Å²) in [6, 6.07) is 11.4. The van der Waals surface area contributed by atoms with Gasteiger partial charge in [-0.3, -0.25) is 9.59 Å². The maximum atomic E-state index is 13.6.